The highest BCUT2D eigenvalue weighted by atomic mass is 19.4. The molecule has 2 rings (SSSR count). The summed E-state index contributed by atoms with van der Waals surface area (Å²) < 4.78 is 41.4. The molecule has 3 N–H and O–H groups in total. The van der Waals surface area contributed by atoms with E-state index in [0.29, 0.717) is 17.7 Å². The molecule has 1 atom stereocenters. The van der Waals surface area contributed by atoms with Gasteiger partial charge in [0.05, 0.1) is 11.9 Å². The van der Waals surface area contributed by atoms with E-state index in [0.717, 1.165) is 16.8 Å². The summed E-state index contributed by atoms with van der Waals surface area (Å²) in [5.74, 6) is 5.48. The fourth-order valence-corrected chi connectivity index (χ4v) is 2.72. The van der Waals surface area contributed by atoms with Crippen LogP contribution in [0.15, 0.2) is 47.6 Å². The summed E-state index contributed by atoms with van der Waals surface area (Å²) in [5.41, 5.74) is 3.82. The van der Waals surface area contributed by atoms with Gasteiger partial charge in [-0.25, -0.2) is 5.01 Å². The lowest BCUT2D eigenvalue weighted by molar-refractivity contribution is -0.274. The van der Waals surface area contributed by atoms with E-state index in [4.69, 9.17) is 10.7 Å². The molecule has 2 aromatic rings. The van der Waals surface area contributed by atoms with Crippen LogP contribution in [-0.2, 0) is 11.4 Å². The van der Waals surface area contributed by atoms with E-state index >= 15 is 0 Å². The SMILES string of the molecule is CCC(=NOCc1c(C)cccc1NC(C)N(C)N)c1cccc(OC(F)(F)F)c1. The van der Waals surface area contributed by atoms with Crippen molar-refractivity contribution in [3.05, 3.63) is 59.2 Å². The third-order valence-corrected chi connectivity index (χ3v) is 4.50. The predicted octanol–water partition coefficient (Wildman–Crippen LogP) is 4.79. The van der Waals surface area contributed by atoms with E-state index in [9.17, 15) is 13.2 Å². The van der Waals surface area contributed by atoms with E-state index in [2.05, 4.69) is 15.2 Å². The fourth-order valence-electron chi connectivity index (χ4n) is 2.72. The van der Waals surface area contributed by atoms with Gasteiger partial charge in [-0.1, -0.05) is 36.3 Å². The van der Waals surface area contributed by atoms with Crippen molar-refractivity contribution in [2.45, 2.75) is 46.3 Å². The van der Waals surface area contributed by atoms with Crippen LogP contribution in [0.2, 0.25) is 0 Å². The lowest BCUT2D eigenvalue weighted by atomic mass is 10.1. The van der Waals surface area contributed by atoms with Crippen molar-refractivity contribution in [1.82, 2.24) is 5.01 Å². The highest BCUT2D eigenvalue weighted by molar-refractivity contribution is 6.00. The molecule has 0 bridgehead atoms. The van der Waals surface area contributed by atoms with Crippen LogP contribution < -0.4 is 15.9 Å². The highest BCUT2D eigenvalue weighted by Gasteiger charge is 2.31. The van der Waals surface area contributed by atoms with Gasteiger partial charge in [0.15, 0.2) is 0 Å². The maximum absolute atomic E-state index is 12.5. The van der Waals surface area contributed by atoms with Crippen molar-refractivity contribution < 1.29 is 22.7 Å². The van der Waals surface area contributed by atoms with E-state index in [1.807, 2.05) is 39.0 Å². The first-order valence-electron chi connectivity index (χ1n) is 9.48. The van der Waals surface area contributed by atoms with Crippen molar-refractivity contribution in [3.8, 4) is 5.75 Å². The van der Waals surface area contributed by atoms with Crippen LogP contribution in [0, 0.1) is 6.92 Å². The highest BCUT2D eigenvalue weighted by Crippen LogP contribution is 2.25. The minimum absolute atomic E-state index is 0.100. The van der Waals surface area contributed by atoms with Crippen molar-refractivity contribution >= 4 is 11.4 Å². The topological polar surface area (TPSA) is 72.1 Å². The van der Waals surface area contributed by atoms with Gasteiger partial charge in [0.2, 0.25) is 0 Å². The van der Waals surface area contributed by atoms with Crippen LogP contribution >= 0.6 is 0 Å². The minimum Gasteiger partial charge on any atom is -0.406 e. The number of anilines is 1. The molecule has 9 heteroatoms. The van der Waals surface area contributed by atoms with Crippen molar-refractivity contribution in [2.75, 3.05) is 12.4 Å². The van der Waals surface area contributed by atoms with Gasteiger partial charge in [-0.15, -0.1) is 13.2 Å². The lowest BCUT2D eigenvalue weighted by Gasteiger charge is -2.24. The third-order valence-electron chi connectivity index (χ3n) is 4.50. The summed E-state index contributed by atoms with van der Waals surface area (Å²) in [6, 6.07) is 11.5. The van der Waals surface area contributed by atoms with Gasteiger partial charge < -0.3 is 14.9 Å². The number of nitrogens with two attached hydrogens (primary N) is 1. The predicted molar refractivity (Wildman–Crippen MR) is 111 cm³/mol. The molecule has 0 spiro atoms. The summed E-state index contributed by atoms with van der Waals surface area (Å²) in [7, 11) is 1.76. The first kappa shape index (κ1) is 23.5. The number of hydrogen-bond acceptors (Lipinski definition) is 6. The Morgan fingerprint density at radius 1 is 1.23 bits per heavy atom. The van der Waals surface area contributed by atoms with Gasteiger partial charge in [-0.3, -0.25) is 5.84 Å². The van der Waals surface area contributed by atoms with Gasteiger partial charge in [-0.05, 0) is 44.0 Å². The number of alkyl halides is 3. The molecule has 0 saturated carbocycles. The van der Waals surface area contributed by atoms with Crippen LogP contribution in [0.3, 0.4) is 0 Å². The average Bonchev–Trinajstić information content (AvgIpc) is 2.65. The van der Waals surface area contributed by atoms with Crippen molar-refractivity contribution in [3.63, 3.8) is 0 Å². The molecule has 0 aliphatic heterocycles. The zero-order chi connectivity index (χ0) is 22.3. The van der Waals surface area contributed by atoms with Gasteiger partial charge in [-0.2, -0.15) is 0 Å². The quantitative estimate of drug-likeness (QED) is 0.262. The fraction of sp³-hybridized carbons (Fsp3) is 0.381. The Labute approximate surface area is 174 Å². The van der Waals surface area contributed by atoms with E-state index in [-0.39, 0.29) is 18.5 Å². The molecular formula is C21H27F3N4O2. The molecule has 0 aromatic heterocycles. The largest absolute Gasteiger partial charge is 0.573 e. The van der Waals surface area contributed by atoms with E-state index in [1.54, 1.807) is 18.1 Å². The van der Waals surface area contributed by atoms with Crippen LogP contribution in [0.25, 0.3) is 0 Å². The van der Waals surface area contributed by atoms with Crippen LogP contribution in [-0.4, -0.2) is 30.3 Å². The Balaban J connectivity index is 2.16. The maximum atomic E-state index is 12.5. The normalized spacial score (nSPS) is 13.3. The summed E-state index contributed by atoms with van der Waals surface area (Å²) in [4.78, 5) is 5.57. The molecule has 0 aliphatic carbocycles. The van der Waals surface area contributed by atoms with Gasteiger partial charge in [0, 0.05) is 23.9 Å². The molecule has 6 nitrogen and oxygen atoms in total. The van der Waals surface area contributed by atoms with Crippen LogP contribution in [0.4, 0.5) is 18.9 Å². The Bertz CT molecular complexity index is 870. The Morgan fingerprint density at radius 2 is 1.93 bits per heavy atom. The number of hydrogen-bond donors (Lipinski definition) is 2. The number of oxime groups is 1. The third kappa shape index (κ3) is 6.93. The molecule has 0 heterocycles. The number of aryl methyl sites for hydroxylation is 1. The summed E-state index contributed by atoms with van der Waals surface area (Å²) in [6.07, 6.45) is -4.37. The number of rotatable bonds is 9. The second kappa shape index (κ2) is 10.3. The Kier molecular flexibility index (Phi) is 8.08. The number of hydrazine groups is 1. The number of nitrogens with zero attached hydrogens (tertiary/aromatic N) is 2. The molecule has 0 aliphatic rings. The molecule has 30 heavy (non-hydrogen) atoms. The van der Waals surface area contributed by atoms with Crippen molar-refractivity contribution in [2.24, 2.45) is 11.0 Å². The standard InChI is InChI=1S/C21H27F3N4O2/c1-5-19(16-9-7-10-17(12-16)30-21(22,23)24)27-29-13-18-14(2)8-6-11-20(18)26-15(3)28(4)25/h6-12,15,26H,5,13,25H2,1-4H3. The minimum atomic E-state index is -4.75. The van der Waals surface area contributed by atoms with Crippen LogP contribution in [0.1, 0.15) is 37.0 Å². The molecule has 0 radical (unpaired) electrons. The number of benzene rings is 2. The first-order chi connectivity index (χ1) is 14.1. The Morgan fingerprint density at radius 3 is 2.57 bits per heavy atom. The van der Waals surface area contributed by atoms with Gasteiger partial charge in [0.25, 0.3) is 0 Å². The van der Waals surface area contributed by atoms with E-state index < -0.39 is 6.36 Å². The maximum Gasteiger partial charge on any atom is 0.573 e. The summed E-state index contributed by atoms with van der Waals surface area (Å²) in [6.45, 7) is 5.93. The monoisotopic (exact) mass is 424 g/mol. The second-order valence-electron chi connectivity index (χ2n) is 6.83. The van der Waals surface area contributed by atoms with Crippen LogP contribution in [0.5, 0.6) is 5.75 Å². The molecule has 0 saturated heterocycles. The first-order valence-corrected chi connectivity index (χ1v) is 9.48. The number of ether oxygens (including phenoxy) is 1. The Hall–Kier alpha value is -2.78. The molecule has 164 valence electrons. The number of nitrogens with one attached hydrogen (secondary N) is 1. The smallest absolute Gasteiger partial charge is 0.406 e. The number of halogens is 3. The molecule has 2 aromatic carbocycles. The molecule has 1 unspecified atom stereocenters. The van der Waals surface area contributed by atoms with Crippen molar-refractivity contribution in [1.29, 1.82) is 0 Å². The van der Waals surface area contributed by atoms with Gasteiger partial charge in [0.1, 0.15) is 12.4 Å². The summed E-state index contributed by atoms with van der Waals surface area (Å²) >= 11 is 0. The lowest BCUT2D eigenvalue weighted by Crippen LogP contribution is -2.40. The molecule has 0 fully saturated rings. The second-order valence-corrected chi connectivity index (χ2v) is 6.83. The van der Waals surface area contributed by atoms with Gasteiger partial charge >= 0.3 is 6.36 Å². The molecule has 0 amide bonds. The zero-order valence-electron chi connectivity index (χ0n) is 17.5. The summed E-state index contributed by atoms with van der Waals surface area (Å²) in [5, 5.41) is 9.02. The molecular weight excluding hydrogens is 397 g/mol. The van der Waals surface area contributed by atoms with E-state index in [1.165, 1.54) is 18.2 Å². The zero-order valence-corrected chi connectivity index (χ0v) is 17.5. The average molecular weight is 424 g/mol.